The van der Waals surface area contributed by atoms with Crippen molar-refractivity contribution in [2.75, 3.05) is 0 Å². The third-order valence-corrected chi connectivity index (χ3v) is 16.9. The minimum atomic E-state index is -0.145. The zero-order chi connectivity index (χ0) is 54.3. The van der Waals surface area contributed by atoms with Crippen LogP contribution in [0.2, 0.25) is 0 Å². The van der Waals surface area contributed by atoms with Crippen LogP contribution in [-0.4, -0.2) is 9.13 Å². The summed E-state index contributed by atoms with van der Waals surface area (Å²) in [6, 6.07) is 82.1. The fourth-order valence-corrected chi connectivity index (χ4v) is 13.6. The SMILES string of the molecule is [C-]#[N+]c1cc2ccc3cc(-c4ccc(-c5ccc6c(C(C)(C)C)c7cc(-c8ccc(-c9cc%10ccc%11cc(C#N)cc%12c%11c%10c(c9)n%12-c9ccccc9)cc8)ccc7c(C(C)(C)C)c6c5)cc4)cc4c3c2c(c1)n4-c1ccccc1. The maximum absolute atomic E-state index is 10.0. The van der Waals surface area contributed by atoms with Crippen LogP contribution < -0.4 is 0 Å². The molecule has 0 atom stereocenters. The molecule has 0 bridgehead atoms. The van der Waals surface area contributed by atoms with Gasteiger partial charge >= 0.3 is 0 Å². The van der Waals surface area contributed by atoms with Crippen LogP contribution in [0.25, 0.3) is 147 Å². The lowest BCUT2D eigenvalue weighted by molar-refractivity contribution is 0.593. The zero-order valence-electron chi connectivity index (χ0n) is 45.6. The molecule has 2 aromatic heterocycles. The van der Waals surface area contributed by atoms with Crippen molar-refractivity contribution in [2.45, 2.75) is 52.4 Å². The van der Waals surface area contributed by atoms with Gasteiger partial charge in [0.25, 0.3) is 0 Å². The van der Waals surface area contributed by atoms with Crippen LogP contribution >= 0.6 is 0 Å². The molecule has 15 aromatic rings. The molecule has 378 valence electrons. The number of fused-ring (bicyclic) bond motifs is 2. The average Bonchev–Trinajstić information content (AvgIpc) is 4.19. The second-order valence-corrected chi connectivity index (χ2v) is 24.0. The predicted molar refractivity (Wildman–Crippen MR) is 338 cm³/mol. The van der Waals surface area contributed by atoms with Gasteiger partial charge in [-0.15, -0.1) is 0 Å². The van der Waals surface area contributed by atoms with E-state index in [2.05, 4.69) is 256 Å². The van der Waals surface area contributed by atoms with Gasteiger partial charge in [0.15, 0.2) is 5.69 Å². The van der Waals surface area contributed by atoms with E-state index in [1.165, 1.54) is 87.2 Å². The molecule has 15 rings (SSSR count). The molecule has 0 N–H and O–H groups in total. The van der Waals surface area contributed by atoms with E-state index < -0.39 is 0 Å². The van der Waals surface area contributed by atoms with E-state index in [1.54, 1.807) is 0 Å². The maximum atomic E-state index is 10.0. The molecule has 0 radical (unpaired) electrons. The van der Waals surface area contributed by atoms with Gasteiger partial charge in [0.05, 0.1) is 34.8 Å². The Morgan fingerprint density at radius 1 is 0.350 bits per heavy atom. The van der Waals surface area contributed by atoms with E-state index in [9.17, 15) is 5.26 Å². The summed E-state index contributed by atoms with van der Waals surface area (Å²) in [6.45, 7) is 22.0. The first kappa shape index (κ1) is 47.2. The first-order valence-electron chi connectivity index (χ1n) is 27.6. The highest BCUT2D eigenvalue weighted by atomic mass is 15.0. The molecular weight excluding hydrogens is 969 g/mol. The largest absolute Gasteiger partial charge is 0.310 e. The lowest BCUT2D eigenvalue weighted by Crippen LogP contribution is -2.17. The number of hydrogen-bond acceptors (Lipinski definition) is 1. The van der Waals surface area contributed by atoms with E-state index in [1.807, 2.05) is 24.3 Å². The third-order valence-electron chi connectivity index (χ3n) is 16.9. The van der Waals surface area contributed by atoms with E-state index in [-0.39, 0.29) is 10.8 Å². The van der Waals surface area contributed by atoms with Crippen molar-refractivity contribution in [3.8, 4) is 62.0 Å². The summed E-state index contributed by atoms with van der Waals surface area (Å²) in [6.07, 6.45) is 0. The Hall–Kier alpha value is -10.0. The fraction of sp³-hybridized carbons (Fsp3) is 0.105. The van der Waals surface area contributed by atoms with Crippen LogP contribution in [0.15, 0.2) is 218 Å². The quantitative estimate of drug-likeness (QED) is 0.0929. The highest BCUT2D eigenvalue weighted by Crippen LogP contribution is 2.48. The zero-order valence-corrected chi connectivity index (χ0v) is 45.6. The fourth-order valence-electron chi connectivity index (χ4n) is 13.6. The molecule has 4 heteroatoms. The van der Waals surface area contributed by atoms with Crippen molar-refractivity contribution in [2.24, 2.45) is 0 Å². The number of nitrogens with zero attached hydrogens (tertiary/aromatic N) is 4. The lowest BCUT2D eigenvalue weighted by atomic mass is 9.73. The first-order chi connectivity index (χ1) is 38.8. The Kier molecular flexibility index (Phi) is 10.2. The summed E-state index contributed by atoms with van der Waals surface area (Å²) in [5, 5.41) is 24.6. The molecule has 0 spiro atoms. The van der Waals surface area contributed by atoms with Crippen LogP contribution in [-0.2, 0) is 10.8 Å². The van der Waals surface area contributed by atoms with Gasteiger partial charge in [-0.1, -0.05) is 175 Å². The molecule has 2 heterocycles. The minimum Gasteiger partial charge on any atom is -0.310 e. The van der Waals surface area contributed by atoms with Gasteiger partial charge in [-0.2, -0.15) is 5.26 Å². The molecule has 0 unspecified atom stereocenters. The van der Waals surface area contributed by atoms with Crippen molar-refractivity contribution < 1.29 is 0 Å². The smallest absolute Gasteiger partial charge is 0.189 e. The summed E-state index contributed by atoms with van der Waals surface area (Å²) in [7, 11) is 0. The molecule has 0 fully saturated rings. The Labute approximate surface area is 465 Å². The summed E-state index contributed by atoms with van der Waals surface area (Å²) in [5.74, 6) is 0. The molecule has 4 nitrogen and oxygen atoms in total. The van der Waals surface area contributed by atoms with Gasteiger partial charge in [0.2, 0.25) is 0 Å². The van der Waals surface area contributed by atoms with Gasteiger partial charge in [0, 0.05) is 38.4 Å². The Balaban J connectivity index is 0.811. The molecule has 0 aliphatic carbocycles. The van der Waals surface area contributed by atoms with Crippen LogP contribution in [0.3, 0.4) is 0 Å². The van der Waals surface area contributed by atoms with E-state index >= 15 is 0 Å². The summed E-state index contributed by atoms with van der Waals surface area (Å²) >= 11 is 0. The van der Waals surface area contributed by atoms with E-state index in [0.717, 1.165) is 66.5 Å². The summed E-state index contributed by atoms with van der Waals surface area (Å²) in [4.78, 5) is 3.86. The summed E-state index contributed by atoms with van der Waals surface area (Å²) in [5.41, 5.74) is 19.7. The maximum Gasteiger partial charge on any atom is 0.189 e. The second-order valence-electron chi connectivity index (χ2n) is 24.0. The standard InChI is InChI=1S/C76H54N4/c1-75(2,3)73-62-33-31-51(47-20-24-49(25-21-47)57-37-54-28-29-55-38-58(78-7)43-68-72(55)71(54)67(42-57)80(68)60-16-12-9-13-17-60)40-64(62)74(76(4,5)6)61-32-30-50(39-63(61)73)46-18-22-48(23-19-46)56-36-53-27-26-52-34-45(44-77)35-65-69(52)70(53)66(41-56)79(65)59-14-10-8-11-15-59/h8-43H,1-6H3. The number of nitriles is 1. The number of para-hydroxylation sites is 2. The lowest BCUT2D eigenvalue weighted by Gasteiger charge is -2.31. The Morgan fingerprint density at radius 2 is 0.713 bits per heavy atom. The second kappa shape index (κ2) is 17.2. The topological polar surface area (TPSA) is 38.0 Å². The first-order valence-corrected chi connectivity index (χ1v) is 27.6. The molecule has 0 aliphatic rings. The Bertz CT molecular complexity index is 4780. The molecule has 13 aromatic carbocycles. The molecule has 0 saturated carbocycles. The predicted octanol–water partition coefficient (Wildman–Crippen LogP) is 21.1. The van der Waals surface area contributed by atoms with Crippen LogP contribution in [0.5, 0.6) is 0 Å². The van der Waals surface area contributed by atoms with Crippen molar-refractivity contribution in [1.82, 2.24) is 9.13 Å². The summed E-state index contributed by atoms with van der Waals surface area (Å²) < 4.78 is 4.65. The minimum absolute atomic E-state index is 0.145. The molecular formula is C76H54N4. The average molecular weight is 1020 g/mol. The van der Waals surface area contributed by atoms with Gasteiger partial charge in [0.1, 0.15) is 0 Å². The van der Waals surface area contributed by atoms with Crippen LogP contribution in [0, 0.1) is 17.9 Å². The van der Waals surface area contributed by atoms with Gasteiger partial charge in [-0.05, 0) is 194 Å². The van der Waals surface area contributed by atoms with Gasteiger partial charge in [-0.3, -0.25) is 0 Å². The monoisotopic (exact) mass is 1020 g/mol. The van der Waals surface area contributed by atoms with E-state index in [0.29, 0.717) is 11.3 Å². The van der Waals surface area contributed by atoms with E-state index in [4.69, 9.17) is 6.57 Å². The number of benzene rings is 13. The number of hydrogen-bond donors (Lipinski definition) is 0. The van der Waals surface area contributed by atoms with Crippen molar-refractivity contribution in [3.63, 3.8) is 0 Å². The van der Waals surface area contributed by atoms with Gasteiger partial charge < -0.3 is 9.13 Å². The van der Waals surface area contributed by atoms with Crippen molar-refractivity contribution in [1.29, 1.82) is 5.26 Å². The molecule has 0 saturated heterocycles. The normalized spacial score (nSPS) is 12.3. The highest BCUT2D eigenvalue weighted by molar-refractivity contribution is 6.27. The van der Waals surface area contributed by atoms with Gasteiger partial charge in [-0.25, -0.2) is 4.85 Å². The van der Waals surface area contributed by atoms with Crippen LogP contribution in [0.1, 0.15) is 58.2 Å². The van der Waals surface area contributed by atoms with Crippen molar-refractivity contribution in [3.05, 3.63) is 246 Å². The number of aromatic nitrogens is 2. The molecule has 80 heavy (non-hydrogen) atoms. The molecule has 0 aliphatic heterocycles. The third kappa shape index (κ3) is 7.19. The Morgan fingerprint density at radius 3 is 1.11 bits per heavy atom. The van der Waals surface area contributed by atoms with Crippen molar-refractivity contribution >= 4 is 92.4 Å². The molecule has 0 amide bonds. The van der Waals surface area contributed by atoms with Crippen LogP contribution in [0.4, 0.5) is 5.69 Å². The number of rotatable bonds is 6. The highest BCUT2D eigenvalue weighted by Gasteiger charge is 2.29.